The van der Waals surface area contributed by atoms with Crippen LogP contribution in [0.4, 0.5) is 5.69 Å². The number of hydrogen-bond donors (Lipinski definition) is 0. The molecule has 0 saturated carbocycles. The summed E-state index contributed by atoms with van der Waals surface area (Å²) < 4.78 is 14.0. The minimum Gasteiger partial charge on any atom is -0.497 e. The summed E-state index contributed by atoms with van der Waals surface area (Å²) in [6.07, 6.45) is 1.63. The second kappa shape index (κ2) is 7.31. The summed E-state index contributed by atoms with van der Waals surface area (Å²) in [7, 11) is 4.92. The Morgan fingerprint density at radius 2 is 1.77 bits per heavy atom. The third-order valence-electron chi connectivity index (χ3n) is 4.23. The number of ether oxygens (including phenoxy) is 2. The molecule has 0 spiro atoms. The molecule has 6 heteroatoms. The number of aromatic nitrogens is 2. The minimum atomic E-state index is -0.163. The highest BCUT2D eigenvalue weighted by Crippen LogP contribution is 2.24. The van der Waals surface area contributed by atoms with Crippen molar-refractivity contribution in [2.24, 2.45) is 12.0 Å². The first kappa shape index (κ1) is 17.5. The highest BCUT2D eigenvalue weighted by molar-refractivity contribution is 5.86. The zero-order valence-electron chi connectivity index (χ0n) is 15.3. The largest absolute Gasteiger partial charge is 0.497 e. The van der Waals surface area contributed by atoms with Crippen molar-refractivity contribution in [2.75, 3.05) is 14.2 Å². The lowest BCUT2D eigenvalue weighted by Gasteiger charge is -2.09. The van der Waals surface area contributed by atoms with E-state index in [-0.39, 0.29) is 5.56 Å². The van der Waals surface area contributed by atoms with Gasteiger partial charge in [0, 0.05) is 18.8 Å². The van der Waals surface area contributed by atoms with Crippen LogP contribution in [0.3, 0.4) is 0 Å². The summed E-state index contributed by atoms with van der Waals surface area (Å²) in [4.78, 5) is 17.1. The molecule has 0 atom stereocenters. The van der Waals surface area contributed by atoms with Crippen LogP contribution in [0.2, 0.25) is 0 Å². The molecule has 6 nitrogen and oxygen atoms in total. The second-order valence-electron chi connectivity index (χ2n) is 5.78. The molecule has 0 amide bonds. The SMILES string of the molecule is COc1ccc(OC)c(C=Nc2c(C)n(-c3ccccc3)n(C)c2=O)c1. The van der Waals surface area contributed by atoms with Crippen LogP contribution in [0.15, 0.2) is 58.3 Å². The number of rotatable bonds is 5. The lowest BCUT2D eigenvalue weighted by Crippen LogP contribution is -2.18. The molecule has 26 heavy (non-hydrogen) atoms. The smallest absolute Gasteiger partial charge is 0.292 e. The summed E-state index contributed by atoms with van der Waals surface area (Å²) in [6.45, 7) is 1.88. The molecule has 0 N–H and O–H groups in total. The fraction of sp³-hybridized carbons (Fsp3) is 0.200. The molecule has 0 unspecified atom stereocenters. The molecule has 0 bridgehead atoms. The van der Waals surface area contributed by atoms with E-state index in [0.717, 1.165) is 16.9 Å². The zero-order chi connectivity index (χ0) is 18.7. The average Bonchev–Trinajstić information content (AvgIpc) is 2.89. The molecule has 0 saturated heterocycles. The number of aliphatic imine (C=N–C) groups is 1. The average molecular weight is 351 g/mol. The molecular formula is C20H21N3O3. The van der Waals surface area contributed by atoms with Crippen molar-refractivity contribution in [1.82, 2.24) is 9.36 Å². The monoisotopic (exact) mass is 351 g/mol. The second-order valence-corrected chi connectivity index (χ2v) is 5.78. The summed E-state index contributed by atoms with van der Waals surface area (Å²) >= 11 is 0. The fourth-order valence-electron chi connectivity index (χ4n) is 2.88. The van der Waals surface area contributed by atoms with E-state index >= 15 is 0 Å². The third kappa shape index (κ3) is 3.13. The van der Waals surface area contributed by atoms with E-state index in [1.54, 1.807) is 38.2 Å². The third-order valence-corrected chi connectivity index (χ3v) is 4.23. The lowest BCUT2D eigenvalue weighted by molar-refractivity contribution is 0.402. The van der Waals surface area contributed by atoms with E-state index < -0.39 is 0 Å². The molecular weight excluding hydrogens is 330 g/mol. The van der Waals surface area contributed by atoms with Crippen molar-refractivity contribution in [2.45, 2.75) is 6.92 Å². The molecule has 0 aliphatic heterocycles. The summed E-state index contributed by atoms with van der Waals surface area (Å²) in [5, 5.41) is 0. The number of nitrogens with zero attached hydrogens (tertiary/aromatic N) is 3. The van der Waals surface area contributed by atoms with Crippen molar-refractivity contribution in [3.8, 4) is 17.2 Å². The first-order valence-corrected chi connectivity index (χ1v) is 8.17. The first-order valence-electron chi connectivity index (χ1n) is 8.17. The highest BCUT2D eigenvalue weighted by Gasteiger charge is 2.15. The maximum absolute atomic E-state index is 12.7. The number of methoxy groups -OCH3 is 2. The molecule has 0 aliphatic rings. The Labute approximate surface area is 151 Å². The van der Waals surface area contributed by atoms with E-state index in [9.17, 15) is 4.79 Å². The Kier molecular flexibility index (Phi) is 4.93. The van der Waals surface area contributed by atoms with Crippen LogP contribution in [-0.4, -0.2) is 29.8 Å². The highest BCUT2D eigenvalue weighted by atomic mass is 16.5. The Morgan fingerprint density at radius 3 is 2.42 bits per heavy atom. The van der Waals surface area contributed by atoms with Gasteiger partial charge in [-0.05, 0) is 37.3 Å². The molecule has 0 radical (unpaired) electrons. The van der Waals surface area contributed by atoms with Crippen molar-refractivity contribution in [3.63, 3.8) is 0 Å². The Bertz CT molecular complexity index is 1000. The van der Waals surface area contributed by atoms with E-state index in [1.165, 1.54) is 0 Å². The quantitative estimate of drug-likeness (QED) is 0.663. The fourth-order valence-corrected chi connectivity index (χ4v) is 2.88. The standard InChI is InChI=1S/C20H21N3O3/c1-14-19(20(24)22(2)23(14)16-8-6-5-7-9-16)21-13-15-12-17(25-3)10-11-18(15)26-4/h5-13H,1-4H3. The summed E-state index contributed by atoms with van der Waals surface area (Å²) in [5.41, 5.74) is 2.64. The van der Waals surface area contributed by atoms with Crippen LogP contribution >= 0.6 is 0 Å². The van der Waals surface area contributed by atoms with Crippen LogP contribution in [0, 0.1) is 6.92 Å². The van der Waals surface area contributed by atoms with Crippen molar-refractivity contribution < 1.29 is 9.47 Å². The normalized spacial score (nSPS) is 11.1. The molecule has 3 rings (SSSR count). The maximum atomic E-state index is 12.7. The molecule has 2 aromatic carbocycles. The van der Waals surface area contributed by atoms with Crippen LogP contribution in [0.1, 0.15) is 11.3 Å². The van der Waals surface area contributed by atoms with Gasteiger partial charge in [0.05, 0.1) is 25.6 Å². The van der Waals surface area contributed by atoms with Gasteiger partial charge in [-0.1, -0.05) is 18.2 Å². The predicted octanol–water partition coefficient (Wildman–Crippen LogP) is 3.25. The van der Waals surface area contributed by atoms with E-state index in [4.69, 9.17) is 9.47 Å². The molecule has 0 fully saturated rings. The van der Waals surface area contributed by atoms with Gasteiger partial charge in [0.2, 0.25) is 0 Å². The van der Waals surface area contributed by atoms with Gasteiger partial charge < -0.3 is 9.47 Å². The van der Waals surface area contributed by atoms with Gasteiger partial charge in [0.25, 0.3) is 5.56 Å². The number of para-hydroxylation sites is 1. The first-order chi connectivity index (χ1) is 12.6. The predicted molar refractivity (Wildman–Crippen MR) is 103 cm³/mol. The summed E-state index contributed by atoms with van der Waals surface area (Å²) in [6, 6.07) is 15.1. The van der Waals surface area contributed by atoms with Gasteiger partial charge in [-0.25, -0.2) is 9.67 Å². The zero-order valence-corrected chi connectivity index (χ0v) is 15.3. The lowest BCUT2D eigenvalue weighted by atomic mass is 10.2. The Balaban J connectivity index is 2.07. The van der Waals surface area contributed by atoms with E-state index in [1.807, 2.05) is 54.1 Å². The van der Waals surface area contributed by atoms with Crippen molar-refractivity contribution in [1.29, 1.82) is 0 Å². The molecule has 0 aliphatic carbocycles. The van der Waals surface area contributed by atoms with Crippen LogP contribution in [0.25, 0.3) is 5.69 Å². The van der Waals surface area contributed by atoms with Gasteiger partial charge in [-0.15, -0.1) is 0 Å². The van der Waals surface area contributed by atoms with Gasteiger partial charge in [-0.3, -0.25) is 9.48 Å². The van der Waals surface area contributed by atoms with Gasteiger partial charge in [0.1, 0.15) is 11.5 Å². The topological polar surface area (TPSA) is 57.8 Å². The van der Waals surface area contributed by atoms with Gasteiger partial charge >= 0.3 is 0 Å². The molecule has 1 aromatic heterocycles. The van der Waals surface area contributed by atoms with E-state index in [0.29, 0.717) is 17.2 Å². The van der Waals surface area contributed by atoms with Gasteiger partial charge in [0.15, 0.2) is 5.69 Å². The number of benzene rings is 2. The molecule has 1 heterocycles. The molecule has 3 aromatic rings. The van der Waals surface area contributed by atoms with Crippen LogP contribution < -0.4 is 15.0 Å². The Morgan fingerprint density at radius 1 is 1.04 bits per heavy atom. The number of hydrogen-bond acceptors (Lipinski definition) is 4. The van der Waals surface area contributed by atoms with Crippen molar-refractivity contribution >= 4 is 11.9 Å². The van der Waals surface area contributed by atoms with Crippen molar-refractivity contribution in [3.05, 3.63) is 70.1 Å². The van der Waals surface area contributed by atoms with Crippen LogP contribution in [-0.2, 0) is 7.05 Å². The van der Waals surface area contributed by atoms with E-state index in [2.05, 4.69) is 4.99 Å². The minimum absolute atomic E-state index is 0.163. The summed E-state index contributed by atoms with van der Waals surface area (Å²) in [5.74, 6) is 1.35. The Hall–Kier alpha value is -3.28. The van der Waals surface area contributed by atoms with Crippen LogP contribution in [0.5, 0.6) is 11.5 Å². The molecule has 134 valence electrons. The van der Waals surface area contributed by atoms with Gasteiger partial charge in [-0.2, -0.15) is 0 Å². The maximum Gasteiger partial charge on any atom is 0.292 e.